The van der Waals surface area contributed by atoms with Gasteiger partial charge in [0.1, 0.15) is 0 Å². The Balaban J connectivity index is 1.22. The van der Waals surface area contributed by atoms with Gasteiger partial charge in [-0.3, -0.25) is 14.7 Å². The van der Waals surface area contributed by atoms with Gasteiger partial charge in [-0.1, -0.05) is 11.3 Å². The van der Waals surface area contributed by atoms with Crippen LogP contribution in [-0.2, 0) is 17.1 Å². The first-order valence-corrected chi connectivity index (χ1v) is 12.3. The maximum atomic E-state index is 12.9. The van der Waals surface area contributed by atoms with E-state index < -0.39 is 22.9 Å². The lowest BCUT2D eigenvalue weighted by atomic mass is 10.0. The second kappa shape index (κ2) is 10.7. The molecule has 0 spiro atoms. The summed E-state index contributed by atoms with van der Waals surface area (Å²) in [5.74, 6) is -0.0370. The molecule has 36 heavy (non-hydrogen) atoms. The topological polar surface area (TPSA) is 77.5 Å². The van der Waals surface area contributed by atoms with E-state index >= 15 is 0 Å². The fourth-order valence-electron chi connectivity index (χ4n) is 4.26. The minimum atomic E-state index is -4.51. The SMILES string of the molecule is O=C(CCN1CCN(c2nnc(C(F)(F)F)s2)CC1)N1CCC[C@H](Nc2cncc(C(F)(F)F)c2)C1. The second-order valence-electron chi connectivity index (χ2n) is 8.75. The van der Waals surface area contributed by atoms with Gasteiger partial charge in [0.25, 0.3) is 0 Å². The number of alkyl halides is 6. The zero-order valence-corrected chi connectivity index (χ0v) is 20.0. The Labute approximate surface area is 207 Å². The highest BCUT2D eigenvalue weighted by Crippen LogP contribution is 2.34. The summed E-state index contributed by atoms with van der Waals surface area (Å²) in [6.07, 6.45) is -5.13. The number of carbonyl (C=O) groups is 1. The third-order valence-corrected chi connectivity index (χ3v) is 7.18. The van der Waals surface area contributed by atoms with Crippen molar-refractivity contribution in [2.75, 3.05) is 56.0 Å². The van der Waals surface area contributed by atoms with Crippen molar-refractivity contribution in [3.63, 3.8) is 0 Å². The Kier molecular flexibility index (Phi) is 7.87. The summed E-state index contributed by atoms with van der Waals surface area (Å²) in [7, 11) is 0. The standard InChI is InChI=1S/C21H25F6N7OS/c22-20(23,24)14-10-16(12-28-11-14)29-15-2-1-4-34(13-15)17(35)3-5-32-6-8-33(9-7-32)19-31-30-18(36-19)21(25,26)27/h10-12,15,29H,1-9,13H2/t15-/m0/s1. The van der Waals surface area contributed by atoms with Crippen LogP contribution in [0.1, 0.15) is 29.8 Å². The lowest BCUT2D eigenvalue weighted by Crippen LogP contribution is -2.49. The minimum absolute atomic E-state index is 0.0370. The first-order chi connectivity index (χ1) is 17.0. The summed E-state index contributed by atoms with van der Waals surface area (Å²) in [6.45, 7) is 3.64. The van der Waals surface area contributed by atoms with E-state index in [2.05, 4.69) is 25.4 Å². The van der Waals surface area contributed by atoms with Gasteiger partial charge in [-0.2, -0.15) is 26.3 Å². The molecule has 0 aliphatic carbocycles. The Morgan fingerprint density at radius 3 is 2.44 bits per heavy atom. The van der Waals surface area contributed by atoms with Gasteiger partial charge in [0.2, 0.25) is 16.0 Å². The number of nitrogens with zero attached hydrogens (tertiary/aromatic N) is 6. The molecule has 1 atom stereocenters. The predicted molar refractivity (Wildman–Crippen MR) is 121 cm³/mol. The number of pyridine rings is 1. The zero-order chi connectivity index (χ0) is 25.9. The van der Waals surface area contributed by atoms with Gasteiger partial charge >= 0.3 is 12.4 Å². The number of piperazine rings is 1. The molecule has 0 bridgehead atoms. The van der Waals surface area contributed by atoms with Crippen molar-refractivity contribution in [2.24, 2.45) is 0 Å². The van der Waals surface area contributed by atoms with Crippen LogP contribution in [0.5, 0.6) is 0 Å². The number of carbonyl (C=O) groups excluding carboxylic acids is 1. The number of halogens is 6. The second-order valence-corrected chi connectivity index (χ2v) is 9.71. The molecule has 198 valence electrons. The molecule has 4 heterocycles. The molecule has 15 heteroatoms. The van der Waals surface area contributed by atoms with Gasteiger partial charge in [0, 0.05) is 70.7 Å². The molecule has 2 aliphatic heterocycles. The van der Waals surface area contributed by atoms with Crippen LogP contribution < -0.4 is 10.2 Å². The molecule has 0 unspecified atom stereocenters. The summed E-state index contributed by atoms with van der Waals surface area (Å²) >= 11 is 0.521. The van der Waals surface area contributed by atoms with Crippen LogP contribution >= 0.6 is 11.3 Å². The third-order valence-electron chi connectivity index (χ3n) is 6.15. The lowest BCUT2D eigenvalue weighted by molar-refractivity contribution is -0.138. The van der Waals surface area contributed by atoms with Gasteiger partial charge in [-0.15, -0.1) is 10.2 Å². The van der Waals surface area contributed by atoms with E-state index in [4.69, 9.17) is 0 Å². The first-order valence-electron chi connectivity index (χ1n) is 11.4. The number of hydrogen-bond acceptors (Lipinski definition) is 8. The van der Waals surface area contributed by atoms with E-state index in [1.165, 1.54) is 6.20 Å². The van der Waals surface area contributed by atoms with E-state index in [9.17, 15) is 31.1 Å². The first kappa shape index (κ1) is 26.4. The largest absolute Gasteiger partial charge is 0.445 e. The normalized spacial score (nSPS) is 20.0. The molecular formula is C21H25F6N7OS. The monoisotopic (exact) mass is 537 g/mol. The summed E-state index contributed by atoms with van der Waals surface area (Å²) < 4.78 is 77.0. The van der Waals surface area contributed by atoms with Crippen LogP contribution in [0, 0.1) is 0 Å². The summed E-state index contributed by atoms with van der Waals surface area (Å²) in [6, 6.07) is 0.837. The average Bonchev–Trinajstić information content (AvgIpc) is 3.34. The number of likely N-dealkylation sites (tertiary alicyclic amines) is 1. The molecule has 0 saturated carbocycles. The average molecular weight is 538 g/mol. The summed E-state index contributed by atoms with van der Waals surface area (Å²) in [5, 5.41) is 9.20. The molecule has 1 amide bonds. The molecule has 0 radical (unpaired) electrons. The molecule has 8 nitrogen and oxygen atoms in total. The van der Waals surface area contributed by atoms with Crippen molar-refractivity contribution in [1.82, 2.24) is 25.0 Å². The number of aromatic nitrogens is 3. The Hall–Kier alpha value is -2.68. The predicted octanol–water partition coefficient (Wildman–Crippen LogP) is 3.59. The van der Waals surface area contributed by atoms with Crippen LogP contribution in [0.4, 0.5) is 37.2 Å². The number of piperidine rings is 1. The number of hydrogen-bond donors (Lipinski definition) is 1. The van der Waals surface area contributed by atoms with Crippen LogP contribution in [0.15, 0.2) is 18.5 Å². The van der Waals surface area contributed by atoms with Gasteiger partial charge in [-0.05, 0) is 18.9 Å². The van der Waals surface area contributed by atoms with Gasteiger partial charge in [0.15, 0.2) is 0 Å². The van der Waals surface area contributed by atoms with Crippen LogP contribution in [0.2, 0.25) is 0 Å². The van der Waals surface area contributed by atoms with Crippen molar-refractivity contribution in [1.29, 1.82) is 0 Å². The third kappa shape index (κ3) is 6.75. The van der Waals surface area contributed by atoms with Crippen LogP contribution in [0.25, 0.3) is 0 Å². The summed E-state index contributed by atoms with van der Waals surface area (Å²) in [4.78, 5) is 22.0. The van der Waals surface area contributed by atoms with E-state index in [-0.39, 0.29) is 29.2 Å². The fraction of sp³-hybridized carbons (Fsp3) is 0.619. The highest BCUT2D eigenvalue weighted by atomic mass is 32.1. The van der Waals surface area contributed by atoms with Crippen molar-refractivity contribution < 1.29 is 31.1 Å². The Morgan fingerprint density at radius 1 is 1.03 bits per heavy atom. The number of amides is 1. The number of anilines is 2. The molecule has 2 saturated heterocycles. The smallest absolute Gasteiger partial charge is 0.379 e. The Morgan fingerprint density at radius 2 is 1.78 bits per heavy atom. The van der Waals surface area contributed by atoms with Gasteiger partial charge in [-0.25, -0.2) is 0 Å². The molecule has 2 aromatic rings. The maximum Gasteiger partial charge on any atom is 0.445 e. The van der Waals surface area contributed by atoms with Crippen molar-refractivity contribution in [3.05, 3.63) is 29.0 Å². The quantitative estimate of drug-likeness (QED) is 0.565. The van der Waals surface area contributed by atoms with Gasteiger partial charge in [0.05, 0.1) is 11.3 Å². The van der Waals surface area contributed by atoms with E-state index in [0.29, 0.717) is 57.2 Å². The van der Waals surface area contributed by atoms with Crippen molar-refractivity contribution in [3.8, 4) is 0 Å². The molecule has 2 aromatic heterocycles. The molecule has 4 rings (SSSR count). The zero-order valence-electron chi connectivity index (χ0n) is 19.1. The van der Waals surface area contributed by atoms with Crippen molar-refractivity contribution in [2.45, 2.75) is 37.7 Å². The van der Waals surface area contributed by atoms with E-state index in [1.807, 2.05) is 0 Å². The van der Waals surface area contributed by atoms with Crippen LogP contribution in [-0.4, -0.2) is 82.7 Å². The molecule has 2 aliphatic rings. The lowest BCUT2D eigenvalue weighted by Gasteiger charge is -2.36. The van der Waals surface area contributed by atoms with Crippen LogP contribution in [0.3, 0.4) is 0 Å². The summed E-state index contributed by atoms with van der Waals surface area (Å²) in [5.41, 5.74) is -0.567. The molecule has 2 fully saturated rings. The maximum absolute atomic E-state index is 12.9. The van der Waals surface area contributed by atoms with Crippen molar-refractivity contribution >= 4 is 28.1 Å². The molecule has 0 aromatic carbocycles. The minimum Gasteiger partial charge on any atom is -0.379 e. The molecule has 1 N–H and O–H groups in total. The number of rotatable bonds is 6. The van der Waals surface area contributed by atoms with E-state index in [0.717, 1.165) is 25.1 Å². The Bertz CT molecular complexity index is 1040. The highest BCUT2D eigenvalue weighted by Gasteiger charge is 2.36. The van der Waals surface area contributed by atoms with E-state index in [1.54, 1.807) is 9.80 Å². The highest BCUT2D eigenvalue weighted by molar-refractivity contribution is 7.15. The molecular weight excluding hydrogens is 512 g/mol. The number of nitrogens with one attached hydrogen (secondary N) is 1. The van der Waals surface area contributed by atoms with Gasteiger partial charge < -0.3 is 15.1 Å². The fourth-order valence-corrected chi connectivity index (χ4v) is 5.03.